The van der Waals surface area contributed by atoms with Gasteiger partial charge in [0.2, 0.25) is 11.7 Å². The molecule has 0 bridgehead atoms. The van der Waals surface area contributed by atoms with Gasteiger partial charge in [0.25, 0.3) is 0 Å². The number of thiophene rings is 1. The lowest BCUT2D eigenvalue weighted by molar-refractivity contribution is -0.116. The molecular formula is C22H22N4O4S. The van der Waals surface area contributed by atoms with E-state index in [-0.39, 0.29) is 11.7 Å². The van der Waals surface area contributed by atoms with Crippen LogP contribution in [0, 0.1) is 0 Å². The van der Waals surface area contributed by atoms with E-state index in [2.05, 4.69) is 21.5 Å². The number of aromatic nitrogens is 3. The number of nitrogens with one attached hydrogen (secondary N) is 1. The summed E-state index contributed by atoms with van der Waals surface area (Å²) in [5, 5.41) is 9.81. The van der Waals surface area contributed by atoms with Crippen molar-refractivity contribution >= 4 is 23.1 Å². The smallest absolute Gasteiger partial charge is 0.226 e. The Balaban J connectivity index is 1.67. The number of allylic oxidation sites excluding steroid dienone is 2. The third-order valence-electron chi connectivity index (χ3n) is 5.84. The number of rotatable bonds is 5. The molecule has 1 aromatic carbocycles. The van der Waals surface area contributed by atoms with E-state index in [9.17, 15) is 4.79 Å². The van der Waals surface area contributed by atoms with Crippen molar-refractivity contribution in [3.05, 3.63) is 57.7 Å². The molecule has 2 aliphatic rings. The predicted molar refractivity (Wildman–Crippen MR) is 116 cm³/mol. The van der Waals surface area contributed by atoms with Gasteiger partial charge < -0.3 is 19.5 Å². The molecule has 2 aromatic heterocycles. The Morgan fingerprint density at radius 1 is 1.10 bits per heavy atom. The van der Waals surface area contributed by atoms with Crippen LogP contribution in [0.15, 0.2) is 47.2 Å². The summed E-state index contributed by atoms with van der Waals surface area (Å²) in [5.41, 5.74) is 2.34. The van der Waals surface area contributed by atoms with Gasteiger partial charge in [-0.1, -0.05) is 6.07 Å². The standard InChI is InChI=1S/C22H22N4O4S/c1-28-16-7-6-13(20(29-2)21(16)30-3)19-18-14(25-22-23-11-24-26(19)22)9-12(10-15(18)27)17-5-4-8-31-17/h4-8,11-12,19H,9-10H2,1-3H3,(H,23,24,25)/t12-,19+/m1/s1. The number of Topliss-reactive ketones (excluding diaryl/α,β-unsaturated/α-hetero) is 1. The van der Waals surface area contributed by atoms with E-state index in [1.807, 2.05) is 23.6 Å². The largest absolute Gasteiger partial charge is 0.493 e. The van der Waals surface area contributed by atoms with Gasteiger partial charge in [0, 0.05) is 34.0 Å². The third-order valence-corrected chi connectivity index (χ3v) is 6.87. The van der Waals surface area contributed by atoms with Crippen molar-refractivity contribution in [1.82, 2.24) is 14.8 Å². The van der Waals surface area contributed by atoms with Gasteiger partial charge in [-0.2, -0.15) is 10.1 Å². The molecule has 3 aromatic rings. The quantitative estimate of drug-likeness (QED) is 0.649. The van der Waals surface area contributed by atoms with Gasteiger partial charge in [-0.05, 0) is 30.0 Å². The molecule has 2 atom stereocenters. The van der Waals surface area contributed by atoms with E-state index in [0.717, 1.165) is 17.7 Å². The second-order valence-electron chi connectivity index (χ2n) is 7.42. The first kappa shape index (κ1) is 19.6. The van der Waals surface area contributed by atoms with Gasteiger partial charge in [0.1, 0.15) is 12.4 Å². The first-order chi connectivity index (χ1) is 15.2. The van der Waals surface area contributed by atoms with Gasteiger partial charge in [-0.25, -0.2) is 4.68 Å². The van der Waals surface area contributed by atoms with E-state index in [4.69, 9.17) is 14.2 Å². The van der Waals surface area contributed by atoms with Crippen molar-refractivity contribution in [3.63, 3.8) is 0 Å². The third kappa shape index (κ3) is 3.07. The van der Waals surface area contributed by atoms with E-state index >= 15 is 0 Å². The summed E-state index contributed by atoms with van der Waals surface area (Å²) >= 11 is 1.68. The SMILES string of the molecule is COc1ccc([C@H]2C3=C(C[C@@H](c4cccs4)CC3=O)Nc3ncnn32)c(OC)c1OC. The fraction of sp³-hybridized carbons (Fsp3) is 0.318. The zero-order valence-corrected chi connectivity index (χ0v) is 18.2. The molecule has 0 saturated carbocycles. The van der Waals surface area contributed by atoms with E-state index < -0.39 is 6.04 Å². The Morgan fingerprint density at radius 2 is 1.94 bits per heavy atom. The topological polar surface area (TPSA) is 87.5 Å². The van der Waals surface area contributed by atoms with Crippen LogP contribution in [-0.4, -0.2) is 41.9 Å². The Bertz CT molecular complexity index is 1170. The lowest BCUT2D eigenvalue weighted by Crippen LogP contribution is -2.33. The molecule has 5 rings (SSSR count). The number of anilines is 1. The fourth-order valence-electron chi connectivity index (χ4n) is 4.50. The minimum absolute atomic E-state index is 0.0927. The van der Waals surface area contributed by atoms with Crippen molar-refractivity contribution in [1.29, 1.82) is 0 Å². The monoisotopic (exact) mass is 438 g/mol. The number of methoxy groups -OCH3 is 3. The molecule has 0 amide bonds. The lowest BCUT2D eigenvalue weighted by atomic mass is 9.79. The van der Waals surface area contributed by atoms with Crippen molar-refractivity contribution in [2.75, 3.05) is 26.6 Å². The summed E-state index contributed by atoms with van der Waals surface area (Å²) in [6.07, 6.45) is 2.68. The highest BCUT2D eigenvalue weighted by atomic mass is 32.1. The molecule has 0 fully saturated rings. The Hall–Kier alpha value is -3.33. The van der Waals surface area contributed by atoms with Gasteiger partial charge in [-0.3, -0.25) is 4.79 Å². The molecule has 0 unspecified atom stereocenters. The average Bonchev–Trinajstić information content (AvgIpc) is 3.48. The maximum Gasteiger partial charge on any atom is 0.226 e. The van der Waals surface area contributed by atoms with Crippen molar-refractivity contribution in [3.8, 4) is 17.2 Å². The van der Waals surface area contributed by atoms with Crippen LogP contribution in [-0.2, 0) is 4.79 Å². The lowest BCUT2D eigenvalue weighted by Gasteiger charge is -2.35. The first-order valence-electron chi connectivity index (χ1n) is 9.91. The number of carbonyl (C=O) groups excluding carboxylic acids is 1. The summed E-state index contributed by atoms with van der Waals surface area (Å²) in [6, 6.07) is 7.35. The molecule has 160 valence electrons. The molecule has 0 spiro atoms. The number of nitrogens with zero attached hydrogens (tertiary/aromatic N) is 3. The Morgan fingerprint density at radius 3 is 2.65 bits per heavy atom. The second kappa shape index (κ2) is 7.73. The van der Waals surface area contributed by atoms with Gasteiger partial charge in [0.15, 0.2) is 17.3 Å². The zero-order chi connectivity index (χ0) is 21.5. The molecule has 1 aliphatic heterocycles. The van der Waals surface area contributed by atoms with Crippen LogP contribution in [0.25, 0.3) is 0 Å². The van der Waals surface area contributed by atoms with Crippen LogP contribution >= 0.6 is 11.3 Å². The van der Waals surface area contributed by atoms with Crippen molar-refractivity contribution in [2.45, 2.75) is 24.8 Å². The summed E-state index contributed by atoms with van der Waals surface area (Å²) in [7, 11) is 4.72. The van der Waals surface area contributed by atoms with Crippen LogP contribution < -0.4 is 19.5 Å². The number of carbonyl (C=O) groups is 1. The van der Waals surface area contributed by atoms with Crippen LogP contribution in [0.3, 0.4) is 0 Å². The van der Waals surface area contributed by atoms with E-state index in [0.29, 0.717) is 35.2 Å². The second-order valence-corrected chi connectivity index (χ2v) is 8.39. The van der Waals surface area contributed by atoms with Crippen molar-refractivity contribution < 1.29 is 19.0 Å². The number of ketones is 1. The minimum Gasteiger partial charge on any atom is -0.493 e. The van der Waals surface area contributed by atoms with Gasteiger partial charge in [-0.15, -0.1) is 11.3 Å². The van der Waals surface area contributed by atoms with Crippen LogP contribution in [0.4, 0.5) is 5.95 Å². The minimum atomic E-state index is -0.472. The number of hydrogen-bond donors (Lipinski definition) is 1. The number of ether oxygens (including phenoxy) is 3. The maximum absolute atomic E-state index is 13.5. The fourth-order valence-corrected chi connectivity index (χ4v) is 5.33. The summed E-state index contributed by atoms with van der Waals surface area (Å²) in [4.78, 5) is 19.1. The highest BCUT2D eigenvalue weighted by Gasteiger charge is 2.41. The molecule has 9 heteroatoms. The van der Waals surface area contributed by atoms with E-state index in [1.165, 1.54) is 11.2 Å². The van der Waals surface area contributed by atoms with E-state index in [1.54, 1.807) is 37.3 Å². The predicted octanol–water partition coefficient (Wildman–Crippen LogP) is 3.78. The normalized spacial score (nSPS) is 20.0. The molecule has 0 radical (unpaired) electrons. The number of benzene rings is 1. The summed E-state index contributed by atoms with van der Waals surface area (Å²) < 4.78 is 18.5. The first-order valence-corrected chi connectivity index (χ1v) is 10.8. The number of hydrogen-bond acceptors (Lipinski definition) is 8. The van der Waals surface area contributed by atoms with Gasteiger partial charge >= 0.3 is 0 Å². The van der Waals surface area contributed by atoms with Gasteiger partial charge in [0.05, 0.1) is 21.3 Å². The summed E-state index contributed by atoms with van der Waals surface area (Å²) in [6.45, 7) is 0. The number of fused-ring (bicyclic) bond motifs is 1. The molecule has 1 N–H and O–H groups in total. The molecule has 31 heavy (non-hydrogen) atoms. The Labute approximate surface area is 183 Å². The molecule has 3 heterocycles. The van der Waals surface area contributed by atoms with Crippen LogP contribution in [0.5, 0.6) is 17.2 Å². The highest BCUT2D eigenvalue weighted by Crippen LogP contribution is 2.49. The Kier molecular flexibility index (Phi) is 4.90. The van der Waals surface area contributed by atoms with Crippen molar-refractivity contribution in [2.24, 2.45) is 0 Å². The molecule has 1 aliphatic carbocycles. The molecular weight excluding hydrogens is 416 g/mol. The highest BCUT2D eigenvalue weighted by molar-refractivity contribution is 7.10. The zero-order valence-electron chi connectivity index (χ0n) is 17.4. The summed E-state index contributed by atoms with van der Waals surface area (Å²) in [5.74, 6) is 2.38. The average molecular weight is 439 g/mol. The maximum atomic E-state index is 13.5. The van der Waals surface area contributed by atoms with Crippen LogP contribution in [0.1, 0.15) is 35.2 Å². The molecule has 0 saturated heterocycles. The van der Waals surface area contributed by atoms with Crippen LogP contribution in [0.2, 0.25) is 0 Å². The molecule has 8 nitrogen and oxygen atoms in total.